The van der Waals surface area contributed by atoms with E-state index in [0.29, 0.717) is 17.2 Å². The number of benzene rings is 2. The molecule has 1 saturated heterocycles. The summed E-state index contributed by atoms with van der Waals surface area (Å²) in [6.07, 6.45) is 0.546. The number of sulfonamides is 1. The zero-order chi connectivity index (χ0) is 18.0. The average molecular weight is 404 g/mol. The molecule has 0 bridgehead atoms. The van der Waals surface area contributed by atoms with Gasteiger partial charge in [0.25, 0.3) is 0 Å². The predicted octanol–water partition coefficient (Wildman–Crippen LogP) is 4.49. The third-order valence-electron chi connectivity index (χ3n) is 4.06. The van der Waals surface area contributed by atoms with E-state index in [1.165, 1.54) is 4.31 Å². The van der Waals surface area contributed by atoms with Gasteiger partial charge in [-0.1, -0.05) is 29.8 Å². The van der Waals surface area contributed by atoms with Crippen LogP contribution in [0, 0.1) is 11.6 Å². The van der Waals surface area contributed by atoms with Crippen molar-refractivity contribution in [2.45, 2.75) is 16.6 Å². The van der Waals surface area contributed by atoms with Gasteiger partial charge in [-0.25, -0.2) is 17.2 Å². The Bertz CT molecular complexity index is 877. The maximum atomic E-state index is 13.9. The Labute approximate surface area is 155 Å². The van der Waals surface area contributed by atoms with Crippen LogP contribution in [0.4, 0.5) is 8.78 Å². The smallest absolute Gasteiger partial charge is 0.207 e. The van der Waals surface area contributed by atoms with Crippen LogP contribution in [-0.4, -0.2) is 31.6 Å². The summed E-state index contributed by atoms with van der Waals surface area (Å²) in [4.78, 5) is -0.617. The van der Waals surface area contributed by atoms with Gasteiger partial charge in [-0.05, 0) is 36.2 Å². The minimum absolute atomic E-state index is 0.0613. The molecule has 1 atom stereocenters. The maximum absolute atomic E-state index is 13.9. The number of halogens is 3. The predicted molar refractivity (Wildman–Crippen MR) is 96.4 cm³/mol. The summed E-state index contributed by atoms with van der Waals surface area (Å²) >= 11 is 7.85. The second-order valence-corrected chi connectivity index (χ2v) is 9.27. The molecule has 0 aliphatic carbocycles. The van der Waals surface area contributed by atoms with Crippen molar-refractivity contribution in [2.24, 2.45) is 0 Å². The van der Waals surface area contributed by atoms with Gasteiger partial charge in [-0.15, -0.1) is 0 Å². The quantitative estimate of drug-likeness (QED) is 0.757. The lowest BCUT2D eigenvalue weighted by Gasteiger charge is -2.20. The van der Waals surface area contributed by atoms with Gasteiger partial charge < -0.3 is 0 Å². The van der Waals surface area contributed by atoms with E-state index >= 15 is 0 Å². The molecule has 3 nitrogen and oxygen atoms in total. The molecule has 1 aliphatic rings. The molecule has 1 fully saturated rings. The number of nitrogens with zero attached hydrogens (tertiary/aromatic N) is 1. The van der Waals surface area contributed by atoms with E-state index in [4.69, 9.17) is 11.6 Å². The molecule has 0 radical (unpaired) electrons. The second-order valence-electron chi connectivity index (χ2n) is 5.65. The van der Waals surface area contributed by atoms with Crippen LogP contribution < -0.4 is 0 Å². The van der Waals surface area contributed by atoms with Crippen molar-refractivity contribution >= 4 is 33.4 Å². The average Bonchev–Trinajstić information content (AvgIpc) is 2.84. The number of thioether (sulfide) groups is 1. The lowest BCUT2D eigenvalue weighted by Crippen LogP contribution is -2.33. The molecule has 8 heteroatoms. The van der Waals surface area contributed by atoms with Crippen LogP contribution in [0.5, 0.6) is 0 Å². The van der Waals surface area contributed by atoms with Gasteiger partial charge in [-0.2, -0.15) is 16.1 Å². The summed E-state index contributed by atoms with van der Waals surface area (Å²) in [5.41, 5.74) is 0.963. The van der Waals surface area contributed by atoms with Crippen LogP contribution in [0.25, 0.3) is 0 Å². The molecule has 3 rings (SSSR count). The van der Waals surface area contributed by atoms with Crippen LogP contribution in [0.15, 0.2) is 47.4 Å². The SMILES string of the molecule is O=S(=O)(c1cc(F)ccc1F)N1CCSC(c2ccccc2Cl)CC1. The standard InChI is InChI=1S/C17H16ClF2NO2S2/c18-14-4-2-1-3-13(14)16-7-8-21(9-10-24-16)25(22,23)17-11-12(19)5-6-15(17)20/h1-6,11,16H,7-10H2. The topological polar surface area (TPSA) is 37.4 Å². The Morgan fingerprint density at radius 1 is 1.12 bits per heavy atom. The molecule has 2 aromatic rings. The summed E-state index contributed by atoms with van der Waals surface area (Å²) in [5, 5.41) is 0.707. The Kier molecular flexibility index (Phi) is 5.68. The molecule has 0 N–H and O–H groups in total. The molecule has 2 aromatic carbocycles. The van der Waals surface area contributed by atoms with Crippen molar-refractivity contribution in [2.75, 3.05) is 18.8 Å². The van der Waals surface area contributed by atoms with Gasteiger partial charge in [0.1, 0.15) is 16.5 Å². The Morgan fingerprint density at radius 3 is 2.64 bits per heavy atom. The Morgan fingerprint density at radius 2 is 1.88 bits per heavy atom. The fourth-order valence-electron chi connectivity index (χ4n) is 2.79. The van der Waals surface area contributed by atoms with Gasteiger partial charge in [0.15, 0.2) is 0 Å². The fraction of sp³-hybridized carbons (Fsp3) is 0.294. The van der Waals surface area contributed by atoms with Crippen LogP contribution in [0.3, 0.4) is 0 Å². The van der Waals surface area contributed by atoms with E-state index < -0.39 is 26.6 Å². The molecule has 0 aromatic heterocycles. The van der Waals surface area contributed by atoms with E-state index in [9.17, 15) is 17.2 Å². The van der Waals surface area contributed by atoms with Crippen molar-refractivity contribution in [1.82, 2.24) is 4.31 Å². The molecule has 1 unspecified atom stereocenters. The van der Waals surface area contributed by atoms with Crippen LogP contribution >= 0.6 is 23.4 Å². The molecule has 25 heavy (non-hydrogen) atoms. The highest BCUT2D eigenvalue weighted by atomic mass is 35.5. The third kappa shape index (κ3) is 4.00. The molecule has 0 spiro atoms. The number of rotatable bonds is 3. The van der Waals surface area contributed by atoms with Crippen molar-refractivity contribution in [1.29, 1.82) is 0 Å². The molecular formula is C17H16ClF2NO2S2. The molecule has 1 heterocycles. The minimum Gasteiger partial charge on any atom is -0.207 e. The van der Waals surface area contributed by atoms with Crippen molar-refractivity contribution in [3.05, 3.63) is 64.7 Å². The highest BCUT2D eigenvalue weighted by Crippen LogP contribution is 2.38. The van der Waals surface area contributed by atoms with E-state index in [1.54, 1.807) is 17.8 Å². The van der Waals surface area contributed by atoms with Crippen LogP contribution in [0.1, 0.15) is 17.2 Å². The highest BCUT2D eigenvalue weighted by Gasteiger charge is 2.31. The minimum atomic E-state index is -4.08. The van der Waals surface area contributed by atoms with Gasteiger partial charge >= 0.3 is 0 Å². The molecule has 0 saturated carbocycles. The first-order chi connectivity index (χ1) is 11.9. The Balaban J connectivity index is 1.83. The lowest BCUT2D eigenvalue weighted by molar-refractivity contribution is 0.423. The van der Waals surface area contributed by atoms with Crippen molar-refractivity contribution in [3.8, 4) is 0 Å². The number of hydrogen-bond donors (Lipinski definition) is 0. The first-order valence-electron chi connectivity index (χ1n) is 7.71. The van der Waals surface area contributed by atoms with Crippen LogP contribution in [-0.2, 0) is 10.0 Å². The monoisotopic (exact) mass is 403 g/mol. The molecule has 0 amide bonds. The first kappa shape index (κ1) is 18.6. The Hall–Kier alpha value is -1.15. The van der Waals surface area contributed by atoms with Gasteiger partial charge in [-0.3, -0.25) is 0 Å². The first-order valence-corrected chi connectivity index (χ1v) is 10.6. The molecule has 134 valence electrons. The van der Waals surface area contributed by atoms with E-state index in [2.05, 4.69) is 0 Å². The summed E-state index contributed by atoms with van der Waals surface area (Å²) in [6, 6.07) is 9.94. The molecular weight excluding hydrogens is 388 g/mol. The lowest BCUT2D eigenvalue weighted by atomic mass is 10.1. The van der Waals surface area contributed by atoms with E-state index in [0.717, 1.165) is 23.8 Å². The molecule has 1 aliphatic heterocycles. The van der Waals surface area contributed by atoms with Gasteiger partial charge in [0, 0.05) is 29.1 Å². The van der Waals surface area contributed by atoms with Gasteiger partial charge in [0.05, 0.1) is 0 Å². The zero-order valence-corrected chi connectivity index (χ0v) is 15.6. The maximum Gasteiger partial charge on any atom is 0.246 e. The fourth-order valence-corrected chi connectivity index (χ4v) is 6.04. The van der Waals surface area contributed by atoms with E-state index in [1.807, 2.05) is 18.2 Å². The van der Waals surface area contributed by atoms with E-state index in [-0.39, 0.29) is 18.3 Å². The zero-order valence-electron chi connectivity index (χ0n) is 13.2. The summed E-state index contributed by atoms with van der Waals surface area (Å²) in [7, 11) is -4.08. The number of hydrogen-bond acceptors (Lipinski definition) is 3. The van der Waals surface area contributed by atoms with Gasteiger partial charge in [0.2, 0.25) is 10.0 Å². The van der Waals surface area contributed by atoms with Crippen LogP contribution in [0.2, 0.25) is 5.02 Å². The summed E-state index contributed by atoms with van der Waals surface area (Å²) < 4.78 is 53.9. The van der Waals surface area contributed by atoms with Crippen molar-refractivity contribution < 1.29 is 17.2 Å². The van der Waals surface area contributed by atoms with Crippen molar-refractivity contribution in [3.63, 3.8) is 0 Å². The third-order valence-corrected chi connectivity index (χ3v) is 7.63. The largest absolute Gasteiger partial charge is 0.246 e. The second kappa shape index (κ2) is 7.61. The summed E-state index contributed by atoms with van der Waals surface area (Å²) in [5.74, 6) is -1.18. The summed E-state index contributed by atoms with van der Waals surface area (Å²) in [6.45, 7) is 0.463. The normalized spacial score (nSPS) is 19.6. The highest BCUT2D eigenvalue weighted by molar-refractivity contribution is 7.99.